The molecule has 0 aliphatic rings. The lowest BCUT2D eigenvalue weighted by molar-refractivity contribution is -0.139. The van der Waals surface area contributed by atoms with Gasteiger partial charge in [0, 0.05) is 0 Å². The van der Waals surface area contributed by atoms with Gasteiger partial charge in [-0.2, -0.15) is 0 Å². The van der Waals surface area contributed by atoms with Crippen molar-refractivity contribution in [2.24, 2.45) is 0 Å². The summed E-state index contributed by atoms with van der Waals surface area (Å²) in [7, 11) is 0. The number of amides is 2. The van der Waals surface area contributed by atoms with Gasteiger partial charge in [0.05, 0.1) is 19.0 Å². The Bertz CT molecular complexity index is 775. The zero-order valence-electron chi connectivity index (χ0n) is 15.0. The zero-order chi connectivity index (χ0) is 19.6. The smallest absolute Gasteiger partial charge is 0.341 e. The lowest BCUT2D eigenvalue weighted by atomic mass is 10.1. The number of carboxylic acid groups (broad SMARTS) is 1. The summed E-state index contributed by atoms with van der Waals surface area (Å²) in [6.45, 7) is 1.31. The van der Waals surface area contributed by atoms with Gasteiger partial charge in [0.2, 0.25) is 11.8 Å². The summed E-state index contributed by atoms with van der Waals surface area (Å²) in [4.78, 5) is 34.4. The van der Waals surface area contributed by atoms with Gasteiger partial charge >= 0.3 is 5.97 Å². The highest BCUT2D eigenvalue weighted by molar-refractivity contribution is 5.85. The molecule has 0 spiro atoms. The molecule has 1 atom stereocenters. The van der Waals surface area contributed by atoms with Crippen LogP contribution in [0.2, 0.25) is 0 Å². The number of aliphatic carboxylic acids is 1. The molecule has 27 heavy (non-hydrogen) atoms. The van der Waals surface area contributed by atoms with E-state index in [-0.39, 0.29) is 30.8 Å². The quantitative estimate of drug-likeness (QED) is 0.623. The van der Waals surface area contributed by atoms with Crippen LogP contribution in [0.15, 0.2) is 54.6 Å². The molecule has 142 valence electrons. The summed E-state index contributed by atoms with van der Waals surface area (Å²) < 4.78 is 5.06. The highest BCUT2D eigenvalue weighted by atomic mass is 16.5. The number of ether oxygens (including phenoxy) is 1. The van der Waals surface area contributed by atoms with E-state index in [0.29, 0.717) is 5.75 Å². The third-order valence-electron chi connectivity index (χ3n) is 3.77. The minimum absolute atomic E-state index is 0.101. The largest absolute Gasteiger partial charge is 0.482 e. The standard InChI is InChI=1S/C20H22N2O5/c1-14(16-7-9-17(10-8-16)27-13-20(25)26)22-19(24)12-21-18(23)11-15-5-3-2-4-6-15/h2-10,14H,11-13H2,1H3,(H,21,23)(H,22,24)(H,25,26). The molecule has 0 bridgehead atoms. The molecule has 2 aromatic rings. The van der Waals surface area contributed by atoms with Crippen LogP contribution in [-0.4, -0.2) is 36.0 Å². The topological polar surface area (TPSA) is 105 Å². The minimum atomic E-state index is -1.05. The minimum Gasteiger partial charge on any atom is -0.482 e. The van der Waals surface area contributed by atoms with Crippen LogP contribution < -0.4 is 15.4 Å². The van der Waals surface area contributed by atoms with Crippen molar-refractivity contribution >= 4 is 17.8 Å². The normalized spacial score (nSPS) is 11.3. The molecule has 3 N–H and O–H groups in total. The number of carbonyl (C=O) groups is 3. The van der Waals surface area contributed by atoms with E-state index < -0.39 is 12.6 Å². The Morgan fingerprint density at radius 3 is 2.30 bits per heavy atom. The predicted octanol–water partition coefficient (Wildman–Crippen LogP) is 1.69. The number of rotatable bonds is 9. The van der Waals surface area contributed by atoms with Crippen molar-refractivity contribution in [3.05, 3.63) is 65.7 Å². The van der Waals surface area contributed by atoms with Crippen LogP contribution >= 0.6 is 0 Å². The Balaban J connectivity index is 1.76. The molecule has 2 amide bonds. The molecule has 7 nitrogen and oxygen atoms in total. The monoisotopic (exact) mass is 370 g/mol. The average Bonchev–Trinajstić information content (AvgIpc) is 2.66. The lowest BCUT2D eigenvalue weighted by Gasteiger charge is -2.15. The van der Waals surface area contributed by atoms with Gasteiger partial charge in [0.25, 0.3) is 0 Å². The van der Waals surface area contributed by atoms with E-state index in [1.165, 1.54) is 0 Å². The van der Waals surface area contributed by atoms with Gasteiger partial charge in [-0.15, -0.1) is 0 Å². The SMILES string of the molecule is CC(NC(=O)CNC(=O)Cc1ccccc1)c1ccc(OCC(=O)O)cc1. The Kier molecular flexibility index (Phi) is 7.37. The summed E-state index contributed by atoms with van der Waals surface area (Å²) in [6.07, 6.45) is 0.224. The number of nitrogens with one attached hydrogen (secondary N) is 2. The molecule has 2 rings (SSSR count). The predicted molar refractivity (Wildman–Crippen MR) is 99.3 cm³/mol. The van der Waals surface area contributed by atoms with E-state index in [9.17, 15) is 14.4 Å². The van der Waals surface area contributed by atoms with Crippen molar-refractivity contribution in [3.8, 4) is 5.75 Å². The first-order valence-electron chi connectivity index (χ1n) is 8.48. The van der Waals surface area contributed by atoms with Crippen molar-refractivity contribution < 1.29 is 24.2 Å². The highest BCUT2D eigenvalue weighted by Crippen LogP contribution is 2.17. The molecular weight excluding hydrogens is 348 g/mol. The fraction of sp³-hybridized carbons (Fsp3) is 0.250. The van der Waals surface area contributed by atoms with Gasteiger partial charge < -0.3 is 20.5 Å². The van der Waals surface area contributed by atoms with Gasteiger partial charge in [0.15, 0.2) is 6.61 Å². The zero-order valence-corrected chi connectivity index (χ0v) is 15.0. The molecule has 0 aliphatic carbocycles. The van der Waals surface area contributed by atoms with E-state index in [1.54, 1.807) is 24.3 Å². The second-order valence-electron chi connectivity index (χ2n) is 5.98. The number of carbonyl (C=O) groups excluding carboxylic acids is 2. The van der Waals surface area contributed by atoms with Crippen LogP contribution in [0.1, 0.15) is 24.1 Å². The number of hydrogen-bond acceptors (Lipinski definition) is 4. The van der Waals surface area contributed by atoms with Crippen molar-refractivity contribution in [2.45, 2.75) is 19.4 Å². The van der Waals surface area contributed by atoms with Crippen molar-refractivity contribution in [1.82, 2.24) is 10.6 Å². The van der Waals surface area contributed by atoms with Crippen LogP contribution in [-0.2, 0) is 20.8 Å². The van der Waals surface area contributed by atoms with Gasteiger partial charge in [-0.3, -0.25) is 9.59 Å². The Hall–Kier alpha value is -3.35. The summed E-state index contributed by atoms with van der Waals surface area (Å²) in [5.41, 5.74) is 1.72. The molecule has 0 radical (unpaired) electrons. The highest BCUT2D eigenvalue weighted by Gasteiger charge is 2.11. The van der Waals surface area contributed by atoms with Crippen molar-refractivity contribution in [1.29, 1.82) is 0 Å². The second-order valence-corrected chi connectivity index (χ2v) is 5.98. The van der Waals surface area contributed by atoms with Crippen LogP contribution in [0.4, 0.5) is 0 Å². The molecule has 0 saturated carbocycles. The second kappa shape index (κ2) is 9.96. The lowest BCUT2D eigenvalue weighted by Crippen LogP contribution is -2.38. The number of carboxylic acids is 1. The molecule has 1 unspecified atom stereocenters. The molecule has 2 aromatic carbocycles. The van der Waals surface area contributed by atoms with Crippen molar-refractivity contribution in [3.63, 3.8) is 0 Å². The summed E-state index contributed by atoms with van der Waals surface area (Å²) >= 11 is 0. The van der Waals surface area contributed by atoms with Gasteiger partial charge in [-0.1, -0.05) is 42.5 Å². The van der Waals surface area contributed by atoms with Gasteiger partial charge in [0.1, 0.15) is 5.75 Å². The Morgan fingerprint density at radius 2 is 1.67 bits per heavy atom. The van der Waals surface area contributed by atoms with Crippen molar-refractivity contribution in [2.75, 3.05) is 13.2 Å². The van der Waals surface area contributed by atoms with Crippen LogP contribution in [0.25, 0.3) is 0 Å². The van der Waals surface area contributed by atoms with E-state index in [2.05, 4.69) is 10.6 Å². The van der Waals surface area contributed by atoms with E-state index >= 15 is 0 Å². The third-order valence-corrected chi connectivity index (χ3v) is 3.77. The summed E-state index contributed by atoms with van der Waals surface area (Å²) in [6, 6.07) is 15.8. The first-order chi connectivity index (χ1) is 12.9. The van der Waals surface area contributed by atoms with E-state index in [0.717, 1.165) is 11.1 Å². The first kappa shape index (κ1) is 20.0. The van der Waals surface area contributed by atoms with Crippen LogP contribution in [0.5, 0.6) is 5.75 Å². The van der Waals surface area contributed by atoms with E-state index in [1.807, 2.05) is 37.3 Å². The van der Waals surface area contributed by atoms with Gasteiger partial charge in [-0.05, 0) is 30.2 Å². The Morgan fingerprint density at radius 1 is 1.00 bits per heavy atom. The van der Waals surface area contributed by atoms with Crippen LogP contribution in [0, 0.1) is 0 Å². The third kappa shape index (κ3) is 7.19. The van der Waals surface area contributed by atoms with E-state index in [4.69, 9.17) is 9.84 Å². The maximum atomic E-state index is 12.0. The summed E-state index contributed by atoms with van der Waals surface area (Å²) in [5, 5.41) is 14.0. The fourth-order valence-corrected chi connectivity index (χ4v) is 2.40. The summed E-state index contributed by atoms with van der Waals surface area (Å²) in [5.74, 6) is -1.12. The first-order valence-corrected chi connectivity index (χ1v) is 8.48. The molecule has 0 aliphatic heterocycles. The molecular formula is C20H22N2O5. The number of benzene rings is 2. The number of hydrogen-bond donors (Lipinski definition) is 3. The van der Waals surface area contributed by atoms with Crippen LogP contribution in [0.3, 0.4) is 0 Å². The molecule has 0 heterocycles. The molecule has 0 saturated heterocycles. The maximum Gasteiger partial charge on any atom is 0.341 e. The molecule has 0 aromatic heterocycles. The Labute approximate surface area is 157 Å². The van der Waals surface area contributed by atoms with Gasteiger partial charge in [-0.25, -0.2) is 4.79 Å². The molecule has 7 heteroatoms. The average molecular weight is 370 g/mol. The fourth-order valence-electron chi connectivity index (χ4n) is 2.40. The maximum absolute atomic E-state index is 12.0. The molecule has 0 fully saturated rings.